The van der Waals surface area contributed by atoms with Crippen LogP contribution in [-0.4, -0.2) is 56.6 Å². The van der Waals surface area contributed by atoms with Gasteiger partial charge in [-0.3, -0.25) is 4.79 Å². The van der Waals surface area contributed by atoms with Crippen molar-refractivity contribution in [2.45, 2.75) is 19.6 Å². The zero-order chi connectivity index (χ0) is 24.5. The molecule has 35 heavy (non-hydrogen) atoms. The first-order chi connectivity index (χ1) is 16.9. The molecule has 11 heteroatoms. The number of hydrogen-bond acceptors (Lipinski definition) is 7. The second kappa shape index (κ2) is 9.26. The Bertz CT molecular complexity index is 1380. The third-order valence-electron chi connectivity index (χ3n) is 5.82. The highest BCUT2D eigenvalue weighted by molar-refractivity contribution is 5.82. The third-order valence-corrected chi connectivity index (χ3v) is 5.82. The van der Waals surface area contributed by atoms with E-state index >= 15 is 0 Å². The number of para-hydroxylation sites is 1. The van der Waals surface area contributed by atoms with Crippen LogP contribution in [0.3, 0.4) is 0 Å². The van der Waals surface area contributed by atoms with Gasteiger partial charge in [0.15, 0.2) is 0 Å². The number of aromatic nitrogens is 4. The second-order valence-corrected chi connectivity index (χ2v) is 8.09. The first-order valence-corrected chi connectivity index (χ1v) is 10.9. The van der Waals surface area contributed by atoms with E-state index in [0.29, 0.717) is 36.1 Å². The maximum absolute atomic E-state index is 12.9. The molecule has 0 saturated carbocycles. The van der Waals surface area contributed by atoms with Gasteiger partial charge in [0.1, 0.15) is 17.5 Å². The van der Waals surface area contributed by atoms with Crippen molar-refractivity contribution in [3.05, 3.63) is 71.9 Å². The van der Waals surface area contributed by atoms with Crippen LogP contribution < -0.4 is 15.0 Å². The maximum atomic E-state index is 12.9. The molecular weight excluding hydrogens is 458 g/mol. The number of benzene rings is 1. The van der Waals surface area contributed by atoms with Crippen molar-refractivity contribution in [1.29, 1.82) is 0 Å². The Labute approximate surface area is 199 Å². The van der Waals surface area contributed by atoms with Crippen LogP contribution in [-0.2, 0) is 4.79 Å². The molecule has 0 bridgehead atoms. The molecule has 2 N–H and O–H groups in total. The van der Waals surface area contributed by atoms with E-state index in [-0.39, 0.29) is 23.8 Å². The first kappa shape index (κ1) is 22.7. The average molecular weight is 480 g/mol. The van der Waals surface area contributed by atoms with Crippen LogP contribution in [0.1, 0.15) is 23.1 Å². The van der Waals surface area contributed by atoms with E-state index in [9.17, 15) is 18.7 Å². The van der Waals surface area contributed by atoms with E-state index in [1.165, 1.54) is 6.07 Å². The number of fused-ring (bicyclic) bond motifs is 1. The molecule has 0 radical (unpaired) electrons. The summed E-state index contributed by atoms with van der Waals surface area (Å²) in [6.45, 7) is 0.104. The van der Waals surface area contributed by atoms with Crippen LogP contribution in [0, 0.1) is 6.92 Å². The van der Waals surface area contributed by atoms with Crippen molar-refractivity contribution < 1.29 is 23.4 Å². The number of piperazine rings is 1. The second-order valence-electron chi connectivity index (χ2n) is 8.09. The summed E-state index contributed by atoms with van der Waals surface area (Å²) < 4.78 is 32.1. The molecule has 1 aliphatic heterocycles. The molecule has 0 spiro atoms. The van der Waals surface area contributed by atoms with E-state index in [1.54, 1.807) is 59.1 Å². The maximum Gasteiger partial charge on any atom is 0.387 e. The highest BCUT2D eigenvalue weighted by atomic mass is 19.3. The van der Waals surface area contributed by atoms with Crippen LogP contribution in [0.2, 0.25) is 0 Å². The number of halogens is 2. The molecule has 4 aromatic rings. The molecule has 0 aliphatic carbocycles. The number of imidazole rings is 1. The lowest BCUT2D eigenvalue weighted by atomic mass is 10.0. The van der Waals surface area contributed by atoms with Crippen molar-refractivity contribution >= 4 is 17.5 Å². The first-order valence-electron chi connectivity index (χ1n) is 10.9. The molecule has 5 rings (SSSR count). The molecule has 1 atom stereocenters. The number of pyridine rings is 1. The Morgan fingerprint density at radius 1 is 1.11 bits per heavy atom. The number of nitrogens with one attached hydrogen (secondary N) is 1. The Balaban J connectivity index is 1.49. The number of alkyl halides is 2. The number of nitrogens with zero attached hydrogens (tertiary/aromatic N) is 5. The van der Waals surface area contributed by atoms with Crippen molar-refractivity contribution in [3.63, 3.8) is 0 Å². The van der Waals surface area contributed by atoms with E-state index < -0.39 is 12.7 Å². The van der Waals surface area contributed by atoms with Gasteiger partial charge in [-0.05, 0) is 25.1 Å². The number of aliphatic hydroxyl groups is 1. The van der Waals surface area contributed by atoms with Crippen LogP contribution in [0.5, 0.6) is 5.75 Å². The van der Waals surface area contributed by atoms with E-state index in [2.05, 4.69) is 25.0 Å². The summed E-state index contributed by atoms with van der Waals surface area (Å²) in [4.78, 5) is 26.8. The Kier molecular flexibility index (Phi) is 6.00. The molecular formula is C24H22F2N6O3. The predicted octanol–water partition coefficient (Wildman–Crippen LogP) is 2.72. The third kappa shape index (κ3) is 4.50. The van der Waals surface area contributed by atoms with Gasteiger partial charge in [-0.2, -0.15) is 8.78 Å². The zero-order valence-corrected chi connectivity index (χ0v) is 18.7. The topological polar surface area (TPSA) is 105 Å². The standard InChI is InChI=1S/C24H22F2N6O3/c1-14-21(22(34)17-4-2-3-5-18(17)35-23(25)26)32-12-15(6-7-19(32)30-14)16-10-28-24(29-11-16)31-9-8-27-20(33)13-31/h2-7,10-12,22-23,34H,8-9,13H2,1H3,(H,27,33). The lowest BCUT2D eigenvalue weighted by molar-refractivity contribution is -0.120. The molecule has 1 saturated heterocycles. The lowest BCUT2D eigenvalue weighted by Crippen LogP contribution is -2.48. The predicted molar refractivity (Wildman–Crippen MR) is 123 cm³/mol. The molecule has 1 fully saturated rings. The SMILES string of the molecule is Cc1nc2ccc(-c3cnc(N4CCNC(=O)C4)nc3)cn2c1C(O)c1ccccc1OC(F)F. The molecule has 1 aromatic carbocycles. The average Bonchev–Trinajstić information content (AvgIpc) is 3.18. The fourth-order valence-electron chi connectivity index (χ4n) is 4.18. The Morgan fingerprint density at radius 3 is 2.63 bits per heavy atom. The molecule has 1 aliphatic rings. The molecule has 3 aromatic heterocycles. The fraction of sp³-hybridized carbons (Fsp3) is 0.250. The van der Waals surface area contributed by atoms with Crippen molar-refractivity contribution in [3.8, 4) is 16.9 Å². The monoisotopic (exact) mass is 480 g/mol. The van der Waals surface area contributed by atoms with Gasteiger partial charge in [0.2, 0.25) is 11.9 Å². The fourth-order valence-corrected chi connectivity index (χ4v) is 4.18. The van der Waals surface area contributed by atoms with Crippen molar-refractivity contribution in [1.82, 2.24) is 24.7 Å². The number of aliphatic hydroxyl groups excluding tert-OH is 1. The number of rotatable bonds is 6. The normalized spacial score (nSPS) is 14.9. The van der Waals surface area contributed by atoms with Gasteiger partial charge in [-0.1, -0.05) is 18.2 Å². The molecule has 180 valence electrons. The minimum atomic E-state index is -3.01. The van der Waals surface area contributed by atoms with E-state index in [1.807, 2.05) is 6.07 Å². The number of hydrogen-bond donors (Lipinski definition) is 2. The Hall–Kier alpha value is -4.12. The molecule has 9 nitrogen and oxygen atoms in total. The lowest BCUT2D eigenvalue weighted by Gasteiger charge is -2.26. The summed E-state index contributed by atoms with van der Waals surface area (Å²) in [5.74, 6) is 0.294. The highest BCUT2D eigenvalue weighted by Gasteiger charge is 2.24. The van der Waals surface area contributed by atoms with Gasteiger partial charge in [-0.15, -0.1) is 0 Å². The molecule has 1 unspecified atom stereocenters. The number of anilines is 1. The van der Waals surface area contributed by atoms with Crippen molar-refractivity contribution in [2.75, 3.05) is 24.5 Å². The number of carbonyl (C=O) groups is 1. The largest absolute Gasteiger partial charge is 0.434 e. The summed E-state index contributed by atoms with van der Waals surface area (Å²) >= 11 is 0. The minimum Gasteiger partial charge on any atom is -0.434 e. The highest BCUT2D eigenvalue weighted by Crippen LogP contribution is 2.33. The van der Waals surface area contributed by atoms with Crippen LogP contribution >= 0.6 is 0 Å². The number of ether oxygens (including phenoxy) is 1. The zero-order valence-electron chi connectivity index (χ0n) is 18.7. The van der Waals surface area contributed by atoms with Crippen molar-refractivity contribution in [2.24, 2.45) is 0 Å². The van der Waals surface area contributed by atoms with Gasteiger partial charge in [0.25, 0.3) is 0 Å². The summed E-state index contributed by atoms with van der Waals surface area (Å²) in [6, 6.07) is 9.79. The van der Waals surface area contributed by atoms with Gasteiger partial charge in [-0.25, -0.2) is 15.0 Å². The Morgan fingerprint density at radius 2 is 1.89 bits per heavy atom. The van der Waals surface area contributed by atoms with Crippen LogP contribution in [0.4, 0.5) is 14.7 Å². The van der Waals surface area contributed by atoms with Crippen LogP contribution in [0.25, 0.3) is 16.8 Å². The molecule has 1 amide bonds. The van der Waals surface area contributed by atoms with E-state index in [0.717, 1.165) is 11.1 Å². The number of aryl methyl sites for hydroxylation is 1. The quantitative estimate of drug-likeness (QED) is 0.437. The molecule has 4 heterocycles. The van der Waals surface area contributed by atoms with Crippen LogP contribution in [0.15, 0.2) is 55.0 Å². The summed E-state index contributed by atoms with van der Waals surface area (Å²) in [5, 5.41) is 13.9. The minimum absolute atomic E-state index is 0.0727. The smallest absolute Gasteiger partial charge is 0.387 e. The van der Waals surface area contributed by atoms with Gasteiger partial charge < -0.3 is 24.5 Å². The van der Waals surface area contributed by atoms with Gasteiger partial charge in [0, 0.05) is 48.4 Å². The summed E-state index contributed by atoms with van der Waals surface area (Å²) in [5.41, 5.74) is 3.28. The van der Waals surface area contributed by atoms with Gasteiger partial charge in [0.05, 0.1) is 17.9 Å². The van der Waals surface area contributed by atoms with E-state index in [4.69, 9.17) is 0 Å². The summed E-state index contributed by atoms with van der Waals surface area (Å²) in [6.07, 6.45) is 3.87. The summed E-state index contributed by atoms with van der Waals surface area (Å²) in [7, 11) is 0. The number of amides is 1. The number of carbonyl (C=O) groups excluding carboxylic acids is 1. The van der Waals surface area contributed by atoms with Gasteiger partial charge >= 0.3 is 6.61 Å².